The minimum Gasteiger partial charge on any atom is -0.458 e. The van der Waals surface area contributed by atoms with E-state index < -0.39 is 82.1 Å². The molecule has 0 radical (unpaired) electrons. The Kier molecular flexibility index (Phi) is 7.85. The summed E-state index contributed by atoms with van der Waals surface area (Å²) in [4.78, 5) is 35.8. The van der Waals surface area contributed by atoms with Crippen LogP contribution in [0, 0.1) is 11.8 Å². The Morgan fingerprint density at radius 3 is 2.28 bits per heavy atom. The van der Waals surface area contributed by atoms with Gasteiger partial charge in [0.2, 0.25) is 0 Å². The molecule has 3 N–H and O–H groups in total. The van der Waals surface area contributed by atoms with Gasteiger partial charge in [0, 0.05) is 12.3 Å². The molecule has 1 saturated heterocycles. The number of carbonyl (C=O) groups is 3. The highest BCUT2D eigenvalue weighted by molar-refractivity contribution is 7.86. The van der Waals surface area contributed by atoms with Crippen molar-refractivity contribution in [3.63, 3.8) is 0 Å². The number of hydrogen-bond acceptors (Lipinski definition) is 10. The lowest BCUT2D eigenvalue weighted by Crippen LogP contribution is -2.48. The van der Waals surface area contributed by atoms with Gasteiger partial charge in [0.1, 0.15) is 12.2 Å². The molecule has 2 bridgehead atoms. The van der Waals surface area contributed by atoms with Gasteiger partial charge in [-0.25, -0.2) is 0 Å². The molecule has 0 aromatic carbocycles. The third-order valence-electron chi connectivity index (χ3n) is 6.05. The van der Waals surface area contributed by atoms with Gasteiger partial charge in [-0.05, 0) is 19.3 Å². The molecular formula is C18H26F2O11S. The predicted octanol–water partition coefficient (Wildman–Crippen LogP) is 0.523. The van der Waals surface area contributed by atoms with E-state index in [1.54, 1.807) is 13.8 Å². The van der Waals surface area contributed by atoms with Crippen LogP contribution in [-0.4, -0.2) is 70.4 Å². The second-order valence-corrected chi connectivity index (χ2v) is 9.37. The highest BCUT2D eigenvalue weighted by atomic mass is 32.2. The van der Waals surface area contributed by atoms with Crippen LogP contribution in [0.15, 0.2) is 0 Å². The summed E-state index contributed by atoms with van der Waals surface area (Å²) in [5.41, 5.74) is -1.16. The molecule has 32 heavy (non-hydrogen) atoms. The van der Waals surface area contributed by atoms with E-state index >= 15 is 0 Å². The molecule has 0 aromatic heterocycles. The second kappa shape index (κ2) is 9.53. The quantitative estimate of drug-likeness (QED) is 0.169. The maximum atomic E-state index is 13.2. The molecule has 11 nitrogen and oxygen atoms in total. The van der Waals surface area contributed by atoms with E-state index in [4.69, 9.17) is 19.1 Å². The summed E-state index contributed by atoms with van der Waals surface area (Å²) in [5.74, 6) is -4.03. The summed E-state index contributed by atoms with van der Waals surface area (Å²) in [6.07, 6.45) is -5.45. The van der Waals surface area contributed by atoms with Gasteiger partial charge in [0.05, 0.1) is 24.4 Å². The van der Waals surface area contributed by atoms with Gasteiger partial charge in [-0.1, -0.05) is 13.8 Å². The molecule has 14 heteroatoms. The Morgan fingerprint density at radius 1 is 1.19 bits per heavy atom. The predicted molar refractivity (Wildman–Crippen MR) is 99.3 cm³/mol. The molecule has 184 valence electrons. The van der Waals surface area contributed by atoms with Crippen molar-refractivity contribution in [2.45, 2.75) is 81.7 Å². The van der Waals surface area contributed by atoms with Crippen LogP contribution in [0.25, 0.3) is 0 Å². The summed E-state index contributed by atoms with van der Waals surface area (Å²) >= 11 is 0. The highest BCUT2D eigenvalue weighted by Crippen LogP contribution is 2.46. The van der Waals surface area contributed by atoms with Gasteiger partial charge < -0.3 is 24.4 Å². The molecule has 0 amide bonds. The molecule has 1 aliphatic carbocycles. The van der Waals surface area contributed by atoms with Crippen LogP contribution < -0.4 is 0 Å². The number of carbonyl (C=O) groups excluding carboxylic acids is 3. The molecule has 1 aliphatic heterocycles. The van der Waals surface area contributed by atoms with Crippen molar-refractivity contribution in [1.82, 2.24) is 0 Å². The molecule has 0 aromatic rings. The van der Waals surface area contributed by atoms with Gasteiger partial charge >= 0.3 is 33.3 Å². The zero-order valence-electron chi connectivity index (χ0n) is 17.4. The van der Waals surface area contributed by atoms with Crippen LogP contribution in [0.1, 0.15) is 52.4 Å². The lowest BCUT2D eigenvalue weighted by molar-refractivity contribution is -0.205. The smallest absolute Gasteiger partial charge is 0.430 e. The van der Waals surface area contributed by atoms with Crippen LogP contribution in [0.2, 0.25) is 0 Å². The number of fused-ring (bicyclic) bond motifs is 2. The molecule has 2 rings (SSSR count). The molecule has 1 saturated carbocycles. The zero-order chi connectivity index (χ0) is 24.5. The van der Waals surface area contributed by atoms with Gasteiger partial charge in [-0.2, -0.15) is 17.2 Å². The first-order chi connectivity index (χ1) is 14.7. The summed E-state index contributed by atoms with van der Waals surface area (Å²) in [5, 5.41) is 14.8. The monoisotopic (exact) mass is 488 g/mol. The molecule has 1 heterocycles. The van der Waals surface area contributed by atoms with Crippen LogP contribution in [0.3, 0.4) is 0 Å². The fourth-order valence-corrected chi connectivity index (χ4v) is 4.36. The molecule has 2 aliphatic rings. The SMILES string of the molecule is CCC(O)(CC)C1CC(OC(=O)CCC(=O)OC(O)C(F)(F)S(=O)(=O)O)C2CC1C(=O)O2. The van der Waals surface area contributed by atoms with Gasteiger partial charge in [0.15, 0.2) is 0 Å². The van der Waals surface area contributed by atoms with E-state index in [9.17, 15) is 36.7 Å². The third-order valence-corrected chi connectivity index (χ3v) is 6.94. The number of esters is 3. The number of hydrogen-bond donors (Lipinski definition) is 3. The number of ether oxygens (including phenoxy) is 3. The average Bonchev–Trinajstić information content (AvgIpc) is 3.03. The first-order valence-electron chi connectivity index (χ1n) is 10.0. The maximum Gasteiger partial charge on any atom is 0.430 e. The van der Waals surface area contributed by atoms with Crippen molar-refractivity contribution in [2.75, 3.05) is 0 Å². The molecule has 5 unspecified atom stereocenters. The van der Waals surface area contributed by atoms with Crippen molar-refractivity contribution in [2.24, 2.45) is 11.8 Å². The van der Waals surface area contributed by atoms with Gasteiger partial charge in [0.25, 0.3) is 6.29 Å². The fraction of sp³-hybridized carbons (Fsp3) is 0.833. The first kappa shape index (κ1) is 26.4. The summed E-state index contributed by atoms with van der Waals surface area (Å²) < 4.78 is 70.1. The topological polar surface area (TPSA) is 174 Å². The number of alkyl halides is 2. The van der Waals surface area contributed by atoms with Crippen molar-refractivity contribution < 1.29 is 60.6 Å². The number of halogens is 2. The van der Waals surface area contributed by atoms with Crippen molar-refractivity contribution >= 4 is 28.0 Å². The first-order valence-corrected chi connectivity index (χ1v) is 11.4. The Morgan fingerprint density at radius 2 is 1.75 bits per heavy atom. The highest BCUT2D eigenvalue weighted by Gasteiger charge is 2.56. The van der Waals surface area contributed by atoms with Crippen LogP contribution in [0.4, 0.5) is 8.78 Å². The van der Waals surface area contributed by atoms with E-state index in [0.29, 0.717) is 12.8 Å². The van der Waals surface area contributed by atoms with Crippen LogP contribution in [0.5, 0.6) is 0 Å². The maximum absolute atomic E-state index is 13.2. The lowest BCUT2D eigenvalue weighted by atomic mass is 9.67. The summed E-state index contributed by atoms with van der Waals surface area (Å²) in [6.45, 7) is 3.53. The molecule has 5 atom stereocenters. The summed E-state index contributed by atoms with van der Waals surface area (Å²) in [6, 6.07) is 0. The van der Waals surface area contributed by atoms with E-state index in [2.05, 4.69) is 4.74 Å². The van der Waals surface area contributed by atoms with Crippen molar-refractivity contribution in [1.29, 1.82) is 0 Å². The standard InChI is InChI=1S/C18H26F2O11S/c1-3-17(25,4-2)10-8-12(11-7-9(10)15(23)30-11)29-13(21)5-6-14(22)31-16(24)18(19,20)32(26,27)28/h9-12,16,24-25H,3-8H2,1-2H3,(H,26,27,28). The third kappa shape index (κ3) is 5.35. The summed E-state index contributed by atoms with van der Waals surface area (Å²) in [7, 11) is -6.04. The molecular weight excluding hydrogens is 462 g/mol. The average molecular weight is 488 g/mol. The fourth-order valence-electron chi connectivity index (χ4n) is 4.06. The van der Waals surface area contributed by atoms with E-state index in [1.165, 1.54) is 0 Å². The molecule has 0 spiro atoms. The van der Waals surface area contributed by atoms with Crippen molar-refractivity contribution in [3.8, 4) is 0 Å². The lowest BCUT2D eigenvalue weighted by Gasteiger charge is -2.41. The number of rotatable bonds is 10. The Balaban J connectivity index is 1.94. The largest absolute Gasteiger partial charge is 0.458 e. The van der Waals surface area contributed by atoms with E-state index in [-0.39, 0.29) is 12.8 Å². The Labute approximate surface area is 182 Å². The number of aliphatic hydroxyl groups is 2. The zero-order valence-corrected chi connectivity index (χ0v) is 18.2. The van der Waals surface area contributed by atoms with Crippen LogP contribution in [-0.2, 0) is 38.7 Å². The van der Waals surface area contributed by atoms with E-state index in [1.807, 2.05) is 0 Å². The second-order valence-electron chi connectivity index (χ2n) is 7.88. The van der Waals surface area contributed by atoms with Crippen molar-refractivity contribution in [3.05, 3.63) is 0 Å². The Bertz CT molecular complexity index is 840. The van der Waals surface area contributed by atoms with Crippen LogP contribution >= 0.6 is 0 Å². The number of aliphatic hydroxyl groups excluding tert-OH is 1. The minimum atomic E-state index is -6.04. The molecule has 2 fully saturated rings. The Hall–Kier alpha value is -1.90. The van der Waals surface area contributed by atoms with E-state index in [0.717, 1.165) is 0 Å². The minimum absolute atomic E-state index is 0.148. The van der Waals surface area contributed by atoms with Gasteiger partial charge in [-0.15, -0.1) is 0 Å². The normalized spacial score (nSPS) is 26.9. The van der Waals surface area contributed by atoms with Gasteiger partial charge in [-0.3, -0.25) is 18.9 Å².